The first-order valence-corrected chi connectivity index (χ1v) is 6.31. The number of hydrogen-bond donors (Lipinski definition) is 4. The number of hydrogen-bond acceptors (Lipinski definition) is 4. The first kappa shape index (κ1) is 12.9. The summed E-state index contributed by atoms with van der Waals surface area (Å²) in [6.07, 6.45) is 3.37. The van der Waals surface area contributed by atoms with Gasteiger partial charge in [-0.1, -0.05) is 5.16 Å². The van der Waals surface area contributed by atoms with E-state index in [1.807, 2.05) is 7.05 Å². The van der Waals surface area contributed by atoms with Gasteiger partial charge in [0.25, 0.3) is 0 Å². The van der Waals surface area contributed by atoms with Crippen molar-refractivity contribution in [3.05, 3.63) is 0 Å². The normalized spacial score (nSPS) is 24.6. The van der Waals surface area contributed by atoms with E-state index >= 15 is 0 Å². The molecule has 0 unspecified atom stereocenters. The Kier molecular flexibility index (Phi) is 3.60. The van der Waals surface area contributed by atoms with E-state index in [2.05, 4.69) is 20.7 Å². The summed E-state index contributed by atoms with van der Waals surface area (Å²) in [5.74, 6) is 0.0848. The third-order valence-electron chi connectivity index (χ3n) is 3.70. The van der Waals surface area contributed by atoms with Gasteiger partial charge in [0.05, 0.1) is 0 Å². The summed E-state index contributed by atoms with van der Waals surface area (Å²) in [4.78, 5) is 14.0. The van der Waals surface area contributed by atoms with Crippen molar-refractivity contribution in [2.24, 2.45) is 10.9 Å². The van der Waals surface area contributed by atoms with Crippen molar-refractivity contribution in [3.8, 4) is 0 Å². The zero-order chi connectivity index (χ0) is 13.2. The monoisotopic (exact) mass is 255 g/mol. The SMILES string of the molecule is CN1CCC(NC(=O)NC2CC2)(/C(N)=N/O)CC1. The molecular formula is C11H21N5O2. The molecule has 2 amide bonds. The number of rotatable bonds is 3. The maximum absolute atomic E-state index is 11.8. The van der Waals surface area contributed by atoms with Gasteiger partial charge in [-0.15, -0.1) is 0 Å². The number of urea groups is 1. The summed E-state index contributed by atoms with van der Waals surface area (Å²) < 4.78 is 0. The molecule has 102 valence electrons. The van der Waals surface area contributed by atoms with Crippen molar-refractivity contribution >= 4 is 11.9 Å². The van der Waals surface area contributed by atoms with Gasteiger partial charge in [-0.3, -0.25) is 0 Å². The van der Waals surface area contributed by atoms with Crippen LogP contribution in [0.2, 0.25) is 0 Å². The molecule has 0 aromatic carbocycles. The zero-order valence-electron chi connectivity index (χ0n) is 10.6. The number of nitrogens with one attached hydrogen (secondary N) is 2. The standard InChI is InChI=1S/C11H21N5O2/c1-16-6-4-11(5-7-16,9(12)15-18)14-10(17)13-8-2-3-8/h8,18H,2-7H2,1H3,(H2,12,15)(H2,13,14,17). The fourth-order valence-electron chi connectivity index (χ4n) is 2.21. The first-order chi connectivity index (χ1) is 8.55. The highest BCUT2D eigenvalue weighted by Gasteiger charge is 2.40. The van der Waals surface area contributed by atoms with Crippen LogP contribution >= 0.6 is 0 Å². The zero-order valence-corrected chi connectivity index (χ0v) is 10.6. The molecule has 0 radical (unpaired) electrons. The van der Waals surface area contributed by atoms with Crippen LogP contribution in [0.1, 0.15) is 25.7 Å². The second kappa shape index (κ2) is 5.01. The molecule has 7 nitrogen and oxygen atoms in total. The molecule has 5 N–H and O–H groups in total. The molecule has 1 heterocycles. The van der Waals surface area contributed by atoms with Crippen LogP contribution in [0.3, 0.4) is 0 Å². The molecule has 1 aliphatic heterocycles. The molecule has 7 heteroatoms. The van der Waals surface area contributed by atoms with Crippen molar-refractivity contribution in [3.63, 3.8) is 0 Å². The summed E-state index contributed by atoms with van der Waals surface area (Å²) >= 11 is 0. The molecule has 1 saturated carbocycles. The number of carbonyl (C=O) groups is 1. The molecule has 0 bridgehead atoms. The fourth-order valence-corrected chi connectivity index (χ4v) is 2.21. The van der Waals surface area contributed by atoms with Crippen molar-refractivity contribution in [1.29, 1.82) is 0 Å². The van der Waals surface area contributed by atoms with Gasteiger partial charge in [0.2, 0.25) is 0 Å². The summed E-state index contributed by atoms with van der Waals surface area (Å²) in [5, 5.41) is 17.7. The van der Waals surface area contributed by atoms with Crippen molar-refractivity contribution in [2.75, 3.05) is 20.1 Å². The summed E-state index contributed by atoms with van der Waals surface area (Å²) in [5.41, 5.74) is 5.04. The Hall–Kier alpha value is -1.50. The molecule has 0 aromatic rings. The number of nitrogens with zero attached hydrogens (tertiary/aromatic N) is 2. The molecular weight excluding hydrogens is 234 g/mol. The van der Waals surface area contributed by atoms with E-state index in [9.17, 15) is 4.79 Å². The number of carbonyl (C=O) groups excluding carboxylic acids is 1. The highest BCUT2D eigenvalue weighted by molar-refractivity contribution is 5.93. The number of amides is 2. The Balaban J connectivity index is 2.02. The Morgan fingerprint density at radius 1 is 1.44 bits per heavy atom. The van der Waals surface area contributed by atoms with Gasteiger partial charge < -0.3 is 26.5 Å². The largest absolute Gasteiger partial charge is 0.409 e. The minimum Gasteiger partial charge on any atom is -0.409 e. The molecule has 0 spiro atoms. The van der Waals surface area contributed by atoms with E-state index in [4.69, 9.17) is 10.9 Å². The summed E-state index contributed by atoms with van der Waals surface area (Å²) in [6.45, 7) is 1.61. The molecule has 0 aromatic heterocycles. The van der Waals surface area contributed by atoms with Gasteiger partial charge >= 0.3 is 6.03 Å². The third kappa shape index (κ3) is 2.84. The van der Waals surface area contributed by atoms with E-state index in [-0.39, 0.29) is 11.9 Å². The second-order valence-corrected chi connectivity index (χ2v) is 5.24. The van der Waals surface area contributed by atoms with Gasteiger partial charge in [0.1, 0.15) is 5.54 Å². The maximum Gasteiger partial charge on any atom is 0.315 e. The predicted molar refractivity (Wildman–Crippen MR) is 67.6 cm³/mol. The van der Waals surface area contributed by atoms with E-state index in [1.54, 1.807) is 0 Å². The lowest BCUT2D eigenvalue weighted by molar-refractivity contribution is 0.188. The number of likely N-dealkylation sites (tertiary alicyclic amines) is 1. The lowest BCUT2D eigenvalue weighted by Gasteiger charge is -2.40. The average Bonchev–Trinajstić information content (AvgIpc) is 3.15. The highest BCUT2D eigenvalue weighted by Crippen LogP contribution is 2.23. The van der Waals surface area contributed by atoms with Crippen LogP contribution in [0.25, 0.3) is 0 Å². The molecule has 1 aliphatic carbocycles. The Labute approximate surface area is 106 Å². The maximum atomic E-state index is 11.8. The van der Waals surface area contributed by atoms with Gasteiger partial charge in [0.15, 0.2) is 5.84 Å². The molecule has 0 atom stereocenters. The summed E-state index contributed by atoms with van der Waals surface area (Å²) in [7, 11) is 2.01. The quantitative estimate of drug-likeness (QED) is 0.240. The van der Waals surface area contributed by atoms with Crippen LogP contribution in [0.5, 0.6) is 0 Å². The minimum absolute atomic E-state index is 0.0848. The van der Waals surface area contributed by atoms with E-state index in [0.29, 0.717) is 18.9 Å². The second-order valence-electron chi connectivity index (χ2n) is 5.24. The van der Waals surface area contributed by atoms with Crippen molar-refractivity contribution in [2.45, 2.75) is 37.3 Å². The van der Waals surface area contributed by atoms with Crippen LogP contribution in [0.15, 0.2) is 5.16 Å². The van der Waals surface area contributed by atoms with Crippen LogP contribution in [0, 0.1) is 0 Å². The number of nitrogens with two attached hydrogens (primary N) is 1. The molecule has 2 fully saturated rings. The minimum atomic E-state index is -0.722. The van der Waals surface area contributed by atoms with Gasteiger partial charge in [-0.2, -0.15) is 0 Å². The Bertz CT molecular complexity index is 345. The molecule has 2 aliphatic rings. The van der Waals surface area contributed by atoms with Crippen molar-refractivity contribution in [1.82, 2.24) is 15.5 Å². The number of oxime groups is 1. The predicted octanol–water partition coefficient (Wildman–Crippen LogP) is -0.341. The smallest absolute Gasteiger partial charge is 0.315 e. The van der Waals surface area contributed by atoms with Crippen LogP contribution < -0.4 is 16.4 Å². The van der Waals surface area contributed by atoms with Gasteiger partial charge in [0, 0.05) is 19.1 Å². The average molecular weight is 255 g/mol. The van der Waals surface area contributed by atoms with E-state index in [1.165, 1.54) is 0 Å². The lowest BCUT2D eigenvalue weighted by atomic mass is 9.86. The number of amidine groups is 1. The summed E-state index contributed by atoms with van der Waals surface area (Å²) in [6, 6.07) is 0.0641. The molecule has 18 heavy (non-hydrogen) atoms. The van der Waals surface area contributed by atoms with Crippen molar-refractivity contribution < 1.29 is 10.0 Å². The lowest BCUT2D eigenvalue weighted by Crippen LogP contribution is -2.63. The van der Waals surface area contributed by atoms with E-state index in [0.717, 1.165) is 25.9 Å². The Morgan fingerprint density at radius 3 is 2.56 bits per heavy atom. The van der Waals surface area contributed by atoms with E-state index < -0.39 is 5.54 Å². The topological polar surface area (TPSA) is 103 Å². The molecule has 2 rings (SSSR count). The molecule has 1 saturated heterocycles. The fraction of sp³-hybridized carbons (Fsp3) is 0.818. The van der Waals surface area contributed by atoms with Crippen LogP contribution in [0.4, 0.5) is 4.79 Å². The Morgan fingerprint density at radius 2 is 2.06 bits per heavy atom. The third-order valence-corrected chi connectivity index (χ3v) is 3.70. The van der Waals surface area contributed by atoms with Gasteiger partial charge in [-0.25, -0.2) is 4.79 Å². The van der Waals surface area contributed by atoms with Crippen LogP contribution in [-0.2, 0) is 0 Å². The van der Waals surface area contributed by atoms with Crippen LogP contribution in [-0.4, -0.2) is 53.7 Å². The van der Waals surface area contributed by atoms with Gasteiger partial charge in [-0.05, 0) is 32.7 Å². The number of piperidine rings is 1. The highest BCUT2D eigenvalue weighted by atomic mass is 16.4. The first-order valence-electron chi connectivity index (χ1n) is 6.31.